The Hall–Kier alpha value is -4.65. The van der Waals surface area contributed by atoms with Crippen LogP contribution in [0.1, 0.15) is 19.0 Å². The Kier molecular flexibility index (Phi) is 6.62. The van der Waals surface area contributed by atoms with Crippen molar-refractivity contribution in [3.63, 3.8) is 0 Å². The van der Waals surface area contributed by atoms with Crippen molar-refractivity contribution >= 4 is 17.2 Å². The summed E-state index contributed by atoms with van der Waals surface area (Å²) in [5.41, 5.74) is 10.1. The Bertz CT molecular complexity index is 1390. The molecule has 10 heteroatoms. The van der Waals surface area contributed by atoms with E-state index in [2.05, 4.69) is 53.8 Å². The summed E-state index contributed by atoms with van der Waals surface area (Å²) in [6.07, 6.45) is 5.86. The molecule has 0 saturated carbocycles. The van der Waals surface area contributed by atoms with E-state index in [1.807, 2.05) is 30.3 Å². The number of aromatic hydroxyl groups is 1. The minimum Gasteiger partial charge on any atom is -0.507 e. The summed E-state index contributed by atoms with van der Waals surface area (Å²) in [6, 6.07) is 13.4. The van der Waals surface area contributed by atoms with E-state index >= 15 is 0 Å². The summed E-state index contributed by atoms with van der Waals surface area (Å²) in [6.45, 7) is 5.07. The van der Waals surface area contributed by atoms with Gasteiger partial charge in [-0.25, -0.2) is 14.6 Å². The van der Waals surface area contributed by atoms with Gasteiger partial charge in [-0.15, -0.1) is 10.2 Å². The van der Waals surface area contributed by atoms with Gasteiger partial charge in [0.25, 0.3) is 0 Å². The first-order valence-corrected chi connectivity index (χ1v) is 11.8. The highest BCUT2D eigenvalue weighted by molar-refractivity contribution is 5.74. The van der Waals surface area contributed by atoms with Crippen LogP contribution in [0.4, 0.5) is 17.2 Å². The molecule has 182 valence electrons. The fraction of sp³-hybridized carbons (Fsp3) is 0.269. The minimum atomic E-state index is 0.163. The van der Waals surface area contributed by atoms with Crippen molar-refractivity contribution in [2.45, 2.75) is 25.9 Å². The second-order valence-electron chi connectivity index (χ2n) is 8.63. The number of nitrogen functional groups attached to an aromatic ring is 1. The number of aromatic nitrogens is 6. The smallest absolute Gasteiger partial charge is 0.169 e. The Balaban J connectivity index is 1.33. The Labute approximate surface area is 209 Å². The van der Waals surface area contributed by atoms with Crippen LogP contribution in [0.5, 0.6) is 5.75 Å². The second kappa shape index (κ2) is 10.3. The summed E-state index contributed by atoms with van der Waals surface area (Å²) >= 11 is 0. The molecule has 0 spiro atoms. The highest BCUT2D eigenvalue weighted by Crippen LogP contribution is 2.32. The van der Waals surface area contributed by atoms with E-state index in [1.165, 1.54) is 6.33 Å². The number of nitrogens with zero attached hydrogens (tertiary/aromatic N) is 8. The number of pyridine rings is 1. The molecule has 4 heterocycles. The average Bonchev–Trinajstić information content (AvgIpc) is 3.33. The van der Waals surface area contributed by atoms with Crippen molar-refractivity contribution in [2.75, 3.05) is 35.2 Å². The van der Waals surface area contributed by atoms with Crippen LogP contribution in [-0.2, 0) is 6.54 Å². The zero-order valence-electron chi connectivity index (χ0n) is 20.0. The normalized spacial score (nSPS) is 15.8. The molecule has 3 N–H and O–H groups in total. The van der Waals surface area contributed by atoms with Crippen molar-refractivity contribution in [1.29, 1.82) is 0 Å². The minimum absolute atomic E-state index is 0.163. The van der Waals surface area contributed by atoms with E-state index in [4.69, 9.17) is 5.73 Å². The summed E-state index contributed by atoms with van der Waals surface area (Å²) < 4.78 is 1.67. The Morgan fingerprint density at radius 2 is 2.00 bits per heavy atom. The molecule has 36 heavy (non-hydrogen) atoms. The first-order valence-electron chi connectivity index (χ1n) is 11.8. The molecule has 0 aliphatic carbocycles. The highest BCUT2D eigenvalue weighted by atomic mass is 16.3. The summed E-state index contributed by atoms with van der Waals surface area (Å²) in [5.74, 6) is 6.76. The van der Waals surface area contributed by atoms with Crippen LogP contribution in [0.15, 0.2) is 61.3 Å². The standard InChI is InChI=1S/C26H27N9O/c1-19-9-12-33(24-16-23(31-32-26(24)27)22-6-2-3-7-25(22)36)13-14-35(19)21-8-10-29-20(15-21)5-4-11-34-18-28-17-30-34/h2-3,6-8,10,15-19,36H,9,11-14H2,1H3,(H2,27,32). The van der Waals surface area contributed by atoms with Gasteiger partial charge in [0.2, 0.25) is 0 Å². The van der Waals surface area contributed by atoms with Gasteiger partial charge in [-0.05, 0) is 49.6 Å². The lowest BCUT2D eigenvalue weighted by Crippen LogP contribution is -2.35. The van der Waals surface area contributed by atoms with Crippen LogP contribution < -0.4 is 15.5 Å². The molecule has 4 aromatic rings. The summed E-state index contributed by atoms with van der Waals surface area (Å²) in [4.78, 5) is 13.0. The zero-order valence-corrected chi connectivity index (χ0v) is 20.0. The zero-order chi connectivity index (χ0) is 24.9. The maximum atomic E-state index is 10.3. The number of hydrogen-bond donors (Lipinski definition) is 2. The van der Waals surface area contributed by atoms with Crippen LogP contribution >= 0.6 is 0 Å². The molecule has 0 bridgehead atoms. The third-order valence-electron chi connectivity index (χ3n) is 6.28. The van der Waals surface area contributed by atoms with Gasteiger partial charge in [-0.1, -0.05) is 18.1 Å². The molecule has 1 aliphatic rings. The number of benzene rings is 1. The van der Waals surface area contributed by atoms with E-state index in [-0.39, 0.29) is 5.75 Å². The molecule has 10 nitrogen and oxygen atoms in total. The first-order chi connectivity index (χ1) is 17.6. The Morgan fingerprint density at radius 3 is 2.83 bits per heavy atom. The fourth-order valence-electron chi connectivity index (χ4n) is 4.34. The van der Waals surface area contributed by atoms with Gasteiger partial charge in [-0.3, -0.25) is 0 Å². The number of hydrogen-bond acceptors (Lipinski definition) is 9. The average molecular weight is 482 g/mol. The van der Waals surface area contributed by atoms with Crippen LogP contribution in [0.3, 0.4) is 0 Å². The molecule has 5 rings (SSSR count). The SMILES string of the molecule is CC1CCN(c2cc(-c3ccccc3O)nnc2N)CCN1c1ccnc(C#CCn2cncn2)c1. The predicted octanol–water partition coefficient (Wildman–Crippen LogP) is 2.57. The highest BCUT2D eigenvalue weighted by Gasteiger charge is 2.24. The predicted molar refractivity (Wildman–Crippen MR) is 138 cm³/mol. The molecule has 1 aromatic carbocycles. The maximum absolute atomic E-state index is 10.3. The number of phenolic OH excluding ortho intramolecular Hbond substituents is 1. The molecule has 1 atom stereocenters. The van der Waals surface area contributed by atoms with Crippen molar-refractivity contribution in [1.82, 2.24) is 29.9 Å². The lowest BCUT2D eigenvalue weighted by molar-refractivity contribution is 0.477. The van der Waals surface area contributed by atoms with Crippen LogP contribution in [0, 0.1) is 11.8 Å². The van der Waals surface area contributed by atoms with Crippen LogP contribution in [0.25, 0.3) is 11.3 Å². The van der Waals surface area contributed by atoms with E-state index in [0.717, 1.165) is 43.1 Å². The number of rotatable bonds is 4. The number of phenols is 1. The van der Waals surface area contributed by atoms with Crippen molar-refractivity contribution in [3.05, 3.63) is 67.0 Å². The van der Waals surface area contributed by atoms with Gasteiger partial charge in [0.05, 0.1) is 11.4 Å². The van der Waals surface area contributed by atoms with Crippen molar-refractivity contribution in [3.8, 4) is 28.8 Å². The van der Waals surface area contributed by atoms with Gasteiger partial charge in [0, 0.05) is 43.1 Å². The van der Waals surface area contributed by atoms with Crippen LogP contribution in [0.2, 0.25) is 0 Å². The fourth-order valence-corrected chi connectivity index (χ4v) is 4.34. The third-order valence-corrected chi connectivity index (χ3v) is 6.28. The van der Waals surface area contributed by atoms with Gasteiger partial charge in [0.1, 0.15) is 30.6 Å². The molecule has 1 aliphatic heterocycles. The lowest BCUT2D eigenvalue weighted by Gasteiger charge is -2.29. The van der Waals surface area contributed by atoms with E-state index in [1.54, 1.807) is 29.3 Å². The Morgan fingerprint density at radius 1 is 1.11 bits per heavy atom. The second-order valence-corrected chi connectivity index (χ2v) is 8.63. The van der Waals surface area contributed by atoms with Crippen LogP contribution in [-0.4, -0.2) is 60.7 Å². The van der Waals surface area contributed by atoms with E-state index in [0.29, 0.717) is 29.7 Å². The molecular weight excluding hydrogens is 454 g/mol. The summed E-state index contributed by atoms with van der Waals surface area (Å²) in [5, 5.41) is 22.7. The third kappa shape index (κ3) is 5.05. The largest absolute Gasteiger partial charge is 0.507 e. The number of para-hydroxylation sites is 1. The maximum Gasteiger partial charge on any atom is 0.169 e. The van der Waals surface area contributed by atoms with Gasteiger partial charge in [-0.2, -0.15) is 5.10 Å². The topological polar surface area (TPSA) is 122 Å². The molecule has 1 saturated heterocycles. The van der Waals surface area contributed by atoms with Crippen molar-refractivity contribution < 1.29 is 5.11 Å². The monoisotopic (exact) mass is 481 g/mol. The molecule has 1 fully saturated rings. The molecule has 3 aromatic heterocycles. The first kappa shape index (κ1) is 23.1. The number of anilines is 3. The van der Waals surface area contributed by atoms with Crippen molar-refractivity contribution in [2.24, 2.45) is 0 Å². The van der Waals surface area contributed by atoms with E-state index < -0.39 is 0 Å². The lowest BCUT2D eigenvalue weighted by atomic mass is 10.1. The molecular formula is C26H27N9O. The van der Waals surface area contributed by atoms with Gasteiger partial charge >= 0.3 is 0 Å². The quantitative estimate of drug-likeness (QED) is 0.424. The van der Waals surface area contributed by atoms with Gasteiger partial charge < -0.3 is 20.6 Å². The molecule has 0 amide bonds. The number of nitrogens with two attached hydrogens (primary N) is 1. The molecule has 0 radical (unpaired) electrons. The van der Waals surface area contributed by atoms with Gasteiger partial charge in [0.15, 0.2) is 5.82 Å². The molecule has 1 unspecified atom stereocenters. The summed E-state index contributed by atoms with van der Waals surface area (Å²) in [7, 11) is 0. The van der Waals surface area contributed by atoms with E-state index in [9.17, 15) is 5.11 Å².